The van der Waals surface area contributed by atoms with Crippen molar-refractivity contribution in [2.45, 2.75) is 52.2 Å². The van der Waals surface area contributed by atoms with Gasteiger partial charge < -0.3 is 10.5 Å². The molecule has 100 valence electrons. The predicted molar refractivity (Wildman–Crippen MR) is 79.4 cm³/mol. The normalized spacial score (nSPS) is 19.9. The van der Waals surface area contributed by atoms with E-state index in [9.17, 15) is 0 Å². The zero-order valence-corrected chi connectivity index (χ0v) is 12.8. The zero-order chi connectivity index (χ0) is 13.2. The largest absolute Gasteiger partial charge is 0.398 e. The van der Waals surface area contributed by atoms with Crippen LogP contribution in [-0.2, 0) is 11.3 Å². The number of hydrogen-bond acceptors (Lipinski definition) is 2. The van der Waals surface area contributed by atoms with Crippen molar-refractivity contribution in [1.29, 1.82) is 0 Å². The second kappa shape index (κ2) is 5.62. The van der Waals surface area contributed by atoms with E-state index in [1.807, 2.05) is 18.2 Å². The summed E-state index contributed by atoms with van der Waals surface area (Å²) in [7, 11) is 0. The van der Waals surface area contributed by atoms with Gasteiger partial charge in [0, 0.05) is 15.7 Å². The molecule has 1 fully saturated rings. The van der Waals surface area contributed by atoms with Crippen molar-refractivity contribution in [3.63, 3.8) is 0 Å². The van der Waals surface area contributed by atoms with Gasteiger partial charge in [0.2, 0.25) is 0 Å². The third-order valence-electron chi connectivity index (χ3n) is 3.90. The lowest BCUT2D eigenvalue weighted by molar-refractivity contribution is -0.00556. The Morgan fingerprint density at radius 1 is 1.33 bits per heavy atom. The zero-order valence-electron chi connectivity index (χ0n) is 11.2. The van der Waals surface area contributed by atoms with Gasteiger partial charge in [0.1, 0.15) is 0 Å². The highest BCUT2D eigenvalue weighted by molar-refractivity contribution is 9.10. The minimum absolute atomic E-state index is 0.393. The van der Waals surface area contributed by atoms with Crippen molar-refractivity contribution in [3.05, 3.63) is 28.2 Å². The maximum absolute atomic E-state index is 6.01. The molecule has 18 heavy (non-hydrogen) atoms. The number of nitrogen functional groups attached to an aromatic ring is 1. The summed E-state index contributed by atoms with van der Waals surface area (Å²) in [6.07, 6.45) is 5.23. The number of nitrogens with two attached hydrogens (primary N) is 1. The van der Waals surface area contributed by atoms with E-state index >= 15 is 0 Å². The van der Waals surface area contributed by atoms with E-state index in [0.29, 0.717) is 18.1 Å². The number of anilines is 1. The molecule has 0 unspecified atom stereocenters. The second-order valence-corrected chi connectivity index (χ2v) is 6.84. The molecule has 0 spiro atoms. The van der Waals surface area contributed by atoms with Crippen LogP contribution >= 0.6 is 15.9 Å². The Kier molecular flexibility index (Phi) is 4.33. The molecule has 0 bridgehead atoms. The molecule has 2 rings (SSSR count). The van der Waals surface area contributed by atoms with Crippen LogP contribution in [-0.4, -0.2) is 6.10 Å². The molecule has 1 saturated carbocycles. The van der Waals surface area contributed by atoms with Crippen LogP contribution in [0.25, 0.3) is 0 Å². The third kappa shape index (κ3) is 3.48. The Morgan fingerprint density at radius 2 is 2.00 bits per heavy atom. The number of rotatable bonds is 3. The first-order valence-corrected chi connectivity index (χ1v) is 7.42. The molecule has 1 aromatic carbocycles. The molecule has 1 aliphatic carbocycles. The van der Waals surface area contributed by atoms with Crippen molar-refractivity contribution in [1.82, 2.24) is 0 Å². The number of hydrogen-bond donors (Lipinski definition) is 1. The summed E-state index contributed by atoms with van der Waals surface area (Å²) in [4.78, 5) is 0. The van der Waals surface area contributed by atoms with Gasteiger partial charge in [-0.25, -0.2) is 0 Å². The lowest BCUT2D eigenvalue weighted by atomic mass is 9.76. The van der Waals surface area contributed by atoms with E-state index in [1.54, 1.807) is 0 Å². The van der Waals surface area contributed by atoms with Gasteiger partial charge in [-0.3, -0.25) is 0 Å². The topological polar surface area (TPSA) is 35.2 Å². The van der Waals surface area contributed by atoms with Crippen LogP contribution in [0.4, 0.5) is 5.69 Å². The molecule has 0 atom stereocenters. The van der Waals surface area contributed by atoms with Crippen LogP contribution in [0.3, 0.4) is 0 Å². The van der Waals surface area contributed by atoms with Crippen LogP contribution < -0.4 is 5.73 Å². The second-order valence-electron chi connectivity index (χ2n) is 5.98. The van der Waals surface area contributed by atoms with E-state index in [1.165, 1.54) is 12.8 Å². The lowest BCUT2D eigenvalue weighted by Crippen LogP contribution is -2.26. The number of ether oxygens (including phenoxy) is 1. The summed E-state index contributed by atoms with van der Waals surface area (Å²) >= 11 is 3.53. The monoisotopic (exact) mass is 311 g/mol. The van der Waals surface area contributed by atoms with E-state index in [0.717, 1.165) is 28.6 Å². The predicted octanol–water partition coefficient (Wildman–Crippen LogP) is 4.52. The van der Waals surface area contributed by atoms with Gasteiger partial charge in [-0.15, -0.1) is 0 Å². The molecule has 1 aromatic rings. The highest BCUT2D eigenvalue weighted by Gasteiger charge is 2.27. The Labute approximate surface area is 118 Å². The van der Waals surface area contributed by atoms with E-state index < -0.39 is 0 Å². The summed E-state index contributed by atoms with van der Waals surface area (Å²) in [5, 5.41) is 0. The standard InChI is InChI=1S/C15H22BrNO/c1-15(2)8-6-11(7-9-15)18-10-12-13(16)4-3-5-14(12)17/h3-5,11H,6-10,17H2,1-2H3. The molecular weight excluding hydrogens is 290 g/mol. The molecular formula is C15H22BrNO. The van der Waals surface area contributed by atoms with E-state index in [2.05, 4.69) is 29.8 Å². The van der Waals surface area contributed by atoms with Crippen LogP contribution in [0.1, 0.15) is 45.1 Å². The highest BCUT2D eigenvalue weighted by atomic mass is 79.9. The Bertz CT molecular complexity index is 387. The lowest BCUT2D eigenvalue weighted by Gasteiger charge is -2.34. The first kappa shape index (κ1) is 13.9. The summed E-state index contributed by atoms with van der Waals surface area (Å²) in [5.74, 6) is 0. The molecule has 0 heterocycles. The summed E-state index contributed by atoms with van der Waals surface area (Å²) in [5.41, 5.74) is 8.34. The minimum atomic E-state index is 0.393. The minimum Gasteiger partial charge on any atom is -0.398 e. The maximum atomic E-state index is 6.01. The summed E-state index contributed by atoms with van der Waals surface area (Å²) in [6, 6.07) is 5.89. The fourth-order valence-corrected chi connectivity index (χ4v) is 2.96. The SMILES string of the molecule is CC1(C)CCC(OCc2c(N)cccc2Br)CC1. The van der Waals surface area contributed by atoms with E-state index in [4.69, 9.17) is 10.5 Å². The maximum Gasteiger partial charge on any atom is 0.0751 e. The van der Waals surface area contributed by atoms with Crippen molar-refractivity contribution in [3.8, 4) is 0 Å². The van der Waals surface area contributed by atoms with Gasteiger partial charge in [-0.1, -0.05) is 35.8 Å². The molecule has 0 radical (unpaired) electrons. The molecule has 2 nitrogen and oxygen atoms in total. The molecule has 0 aromatic heterocycles. The molecule has 1 aliphatic rings. The molecule has 3 heteroatoms. The average Bonchev–Trinajstić information content (AvgIpc) is 2.30. The molecule has 0 saturated heterocycles. The van der Waals surface area contributed by atoms with Crippen molar-refractivity contribution in [2.75, 3.05) is 5.73 Å². The van der Waals surface area contributed by atoms with Crippen molar-refractivity contribution >= 4 is 21.6 Å². The number of benzene rings is 1. The quantitative estimate of drug-likeness (QED) is 0.833. The van der Waals surface area contributed by atoms with Gasteiger partial charge in [-0.05, 0) is 43.2 Å². The first-order chi connectivity index (χ1) is 8.48. The molecule has 0 aliphatic heterocycles. The Balaban J connectivity index is 1.89. The highest BCUT2D eigenvalue weighted by Crippen LogP contribution is 2.36. The van der Waals surface area contributed by atoms with Crippen molar-refractivity contribution < 1.29 is 4.74 Å². The van der Waals surface area contributed by atoms with Gasteiger partial charge in [0.05, 0.1) is 12.7 Å². The smallest absolute Gasteiger partial charge is 0.0751 e. The van der Waals surface area contributed by atoms with Gasteiger partial charge >= 0.3 is 0 Å². The Hall–Kier alpha value is -0.540. The fourth-order valence-electron chi connectivity index (χ4n) is 2.47. The Morgan fingerprint density at radius 3 is 2.61 bits per heavy atom. The fraction of sp³-hybridized carbons (Fsp3) is 0.600. The van der Waals surface area contributed by atoms with E-state index in [-0.39, 0.29) is 0 Å². The van der Waals surface area contributed by atoms with Gasteiger partial charge in [-0.2, -0.15) is 0 Å². The van der Waals surface area contributed by atoms with Crippen LogP contribution in [0, 0.1) is 5.41 Å². The summed E-state index contributed by atoms with van der Waals surface area (Å²) < 4.78 is 7.05. The molecule has 0 amide bonds. The first-order valence-electron chi connectivity index (χ1n) is 6.62. The average molecular weight is 312 g/mol. The van der Waals surface area contributed by atoms with Crippen molar-refractivity contribution in [2.24, 2.45) is 5.41 Å². The van der Waals surface area contributed by atoms with Gasteiger partial charge in [0.25, 0.3) is 0 Å². The van der Waals surface area contributed by atoms with Gasteiger partial charge in [0.15, 0.2) is 0 Å². The summed E-state index contributed by atoms with van der Waals surface area (Å²) in [6.45, 7) is 5.29. The van der Waals surface area contributed by atoms with Crippen LogP contribution in [0.15, 0.2) is 22.7 Å². The molecule has 2 N–H and O–H groups in total. The van der Waals surface area contributed by atoms with Crippen LogP contribution in [0.5, 0.6) is 0 Å². The third-order valence-corrected chi connectivity index (χ3v) is 4.65. The number of halogens is 1. The van der Waals surface area contributed by atoms with Crippen LogP contribution in [0.2, 0.25) is 0 Å².